The molecule has 1 spiro atoms. The van der Waals surface area contributed by atoms with Crippen molar-refractivity contribution in [2.45, 2.75) is 37.9 Å². The Hall–Kier alpha value is -1.93. The molecule has 0 aliphatic carbocycles. The molecule has 8 heteroatoms. The number of nitrogens with zero attached hydrogens (tertiary/aromatic N) is 3. The predicted octanol–water partition coefficient (Wildman–Crippen LogP) is -0.0343. The molecule has 26 heavy (non-hydrogen) atoms. The number of hydrogen-bond acceptors (Lipinski definition) is 6. The number of carbonyl (C=O) groups excluding carboxylic acids is 1. The molecular formula is C18H27N5O3. The van der Waals surface area contributed by atoms with Crippen LogP contribution in [-0.2, 0) is 9.53 Å². The number of rotatable bonds is 2. The Balaban J connectivity index is 1.46. The van der Waals surface area contributed by atoms with Crippen LogP contribution in [0.2, 0.25) is 0 Å². The lowest BCUT2D eigenvalue weighted by Gasteiger charge is -2.45. The number of amides is 1. The Morgan fingerprint density at radius 1 is 1.42 bits per heavy atom. The SMILES string of the molecule is CC1CN(C(=O)C2CCCN(c3cc(=O)[nH]cn3)C2)CC2(CCNC2)O1. The molecule has 0 saturated carbocycles. The lowest BCUT2D eigenvalue weighted by Crippen LogP contribution is -2.59. The minimum absolute atomic E-state index is 0.0541. The molecule has 2 N–H and O–H groups in total. The van der Waals surface area contributed by atoms with Gasteiger partial charge in [0.2, 0.25) is 5.91 Å². The topological polar surface area (TPSA) is 90.6 Å². The van der Waals surface area contributed by atoms with Gasteiger partial charge in [-0.25, -0.2) is 4.98 Å². The zero-order valence-corrected chi connectivity index (χ0v) is 15.2. The zero-order valence-electron chi connectivity index (χ0n) is 15.2. The van der Waals surface area contributed by atoms with Gasteiger partial charge in [0.05, 0.1) is 30.5 Å². The highest BCUT2D eigenvalue weighted by Crippen LogP contribution is 2.30. The Kier molecular flexibility index (Phi) is 4.71. The number of carbonyl (C=O) groups is 1. The van der Waals surface area contributed by atoms with Gasteiger partial charge in [0, 0.05) is 32.2 Å². The lowest BCUT2D eigenvalue weighted by atomic mass is 9.93. The van der Waals surface area contributed by atoms with E-state index in [0.717, 1.165) is 38.9 Å². The van der Waals surface area contributed by atoms with Crippen LogP contribution in [0.1, 0.15) is 26.2 Å². The highest BCUT2D eigenvalue weighted by Gasteiger charge is 2.44. The zero-order chi connectivity index (χ0) is 18.1. The summed E-state index contributed by atoms with van der Waals surface area (Å²) in [5, 5.41) is 3.36. The van der Waals surface area contributed by atoms with Crippen molar-refractivity contribution in [3.63, 3.8) is 0 Å². The average molecular weight is 361 g/mol. The molecule has 3 saturated heterocycles. The quantitative estimate of drug-likeness (QED) is 0.769. The van der Waals surface area contributed by atoms with Crippen molar-refractivity contribution in [2.75, 3.05) is 44.2 Å². The van der Waals surface area contributed by atoms with Crippen molar-refractivity contribution in [1.29, 1.82) is 0 Å². The highest BCUT2D eigenvalue weighted by atomic mass is 16.5. The second-order valence-electron chi connectivity index (χ2n) is 7.81. The van der Waals surface area contributed by atoms with E-state index in [2.05, 4.69) is 20.2 Å². The van der Waals surface area contributed by atoms with Crippen LogP contribution in [0.25, 0.3) is 0 Å². The molecule has 3 unspecified atom stereocenters. The molecule has 8 nitrogen and oxygen atoms in total. The predicted molar refractivity (Wildman–Crippen MR) is 97.1 cm³/mol. The van der Waals surface area contributed by atoms with Crippen molar-refractivity contribution in [3.05, 3.63) is 22.7 Å². The highest BCUT2D eigenvalue weighted by molar-refractivity contribution is 5.80. The number of ether oxygens (including phenoxy) is 1. The van der Waals surface area contributed by atoms with E-state index in [0.29, 0.717) is 25.5 Å². The van der Waals surface area contributed by atoms with Gasteiger partial charge in [0.25, 0.3) is 5.56 Å². The van der Waals surface area contributed by atoms with E-state index in [1.165, 1.54) is 12.4 Å². The molecule has 1 aromatic rings. The maximum atomic E-state index is 13.2. The summed E-state index contributed by atoms with van der Waals surface area (Å²) in [5.41, 5.74) is -0.392. The largest absolute Gasteiger partial charge is 0.367 e. The normalized spacial score (nSPS) is 32.2. The first-order chi connectivity index (χ1) is 12.5. The Morgan fingerprint density at radius 3 is 3.08 bits per heavy atom. The third-order valence-electron chi connectivity index (χ3n) is 5.68. The molecule has 142 valence electrons. The van der Waals surface area contributed by atoms with Crippen LogP contribution in [0.3, 0.4) is 0 Å². The van der Waals surface area contributed by atoms with Gasteiger partial charge in [-0.2, -0.15) is 0 Å². The maximum Gasteiger partial charge on any atom is 0.252 e. The van der Waals surface area contributed by atoms with Crippen LogP contribution in [-0.4, -0.2) is 71.7 Å². The molecule has 3 aliphatic rings. The molecule has 0 radical (unpaired) electrons. The fourth-order valence-electron chi connectivity index (χ4n) is 4.52. The van der Waals surface area contributed by atoms with Gasteiger partial charge >= 0.3 is 0 Å². The number of H-pyrrole nitrogens is 1. The van der Waals surface area contributed by atoms with Crippen LogP contribution in [0.5, 0.6) is 0 Å². The summed E-state index contributed by atoms with van der Waals surface area (Å²) >= 11 is 0. The number of hydrogen-bond donors (Lipinski definition) is 2. The van der Waals surface area contributed by atoms with E-state index in [1.807, 2.05) is 11.8 Å². The molecule has 0 bridgehead atoms. The summed E-state index contributed by atoms with van der Waals surface area (Å²) in [5.74, 6) is 0.806. The number of aromatic nitrogens is 2. The van der Waals surface area contributed by atoms with Crippen molar-refractivity contribution in [3.8, 4) is 0 Å². The molecule has 3 aliphatic heterocycles. The van der Waals surface area contributed by atoms with Gasteiger partial charge in [-0.05, 0) is 32.7 Å². The lowest BCUT2D eigenvalue weighted by molar-refractivity contribution is -0.165. The smallest absolute Gasteiger partial charge is 0.252 e. The molecule has 3 atom stereocenters. The Morgan fingerprint density at radius 2 is 2.31 bits per heavy atom. The van der Waals surface area contributed by atoms with Crippen LogP contribution >= 0.6 is 0 Å². The molecule has 1 amide bonds. The third kappa shape index (κ3) is 3.48. The summed E-state index contributed by atoms with van der Waals surface area (Å²) in [6.45, 7) is 6.57. The van der Waals surface area contributed by atoms with E-state index in [9.17, 15) is 9.59 Å². The number of piperidine rings is 1. The average Bonchev–Trinajstić information content (AvgIpc) is 3.07. The number of aromatic amines is 1. The molecular weight excluding hydrogens is 334 g/mol. The summed E-state index contributed by atoms with van der Waals surface area (Å²) < 4.78 is 6.19. The second kappa shape index (κ2) is 7.00. The van der Waals surface area contributed by atoms with E-state index in [4.69, 9.17) is 4.74 Å². The Bertz CT molecular complexity index is 715. The fourth-order valence-corrected chi connectivity index (χ4v) is 4.52. The molecule has 4 heterocycles. The summed E-state index contributed by atoms with van der Waals surface area (Å²) in [6, 6.07) is 1.50. The number of nitrogens with one attached hydrogen (secondary N) is 2. The summed E-state index contributed by atoms with van der Waals surface area (Å²) in [7, 11) is 0. The summed E-state index contributed by atoms with van der Waals surface area (Å²) in [4.78, 5) is 35.6. The van der Waals surface area contributed by atoms with Gasteiger partial charge in [-0.1, -0.05) is 0 Å². The van der Waals surface area contributed by atoms with Gasteiger partial charge in [0.15, 0.2) is 0 Å². The van der Waals surface area contributed by atoms with Crippen molar-refractivity contribution < 1.29 is 9.53 Å². The minimum Gasteiger partial charge on any atom is -0.367 e. The first-order valence-corrected chi connectivity index (χ1v) is 9.52. The second-order valence-corrected chi connectivity index (χ2v) is 7.81. The molecule has 0 aromatic carbocycles. The third-order valence-corrected chi connectivity index (χ3v) is 5.68. The minimum atomic E-state index is -0.226. The van der Waals surface area contributed by atoms with Crippen LogP contribution in [0.4, 0.5) is 5.82 Å². The van der Waals surface area contributed by atoms with E-state index in [1.54, 1.807) is 0 Å². The van der Waals surface area contributed by atoms with E-state index >= 15 is 0 Å². The maximum absolute atomic E-state index is 13.2. The van der Waals surface area contributed by atoms with Crippen LogP contribution in [0.15, 0.2) is 17.2 Å². The van der Waals surface area contributed by atoms with Gasteiger partial charge in [0.1, 0.15) is 5.82 Å². The number of morpholine rings is 1. The van der Waals surface area contributed by atoms with Crippen LogP contribution < -0.4 is 15.8 Å². The monoisotopic (exact) mass is 361 g/mol. The van der Waals surface area contributed by atoms with E-state index in [-0.39, 0.29) is 29.1 Å². The first kappa shape index (κ1) is 17.5. The van der Waals surface area contributed by atoms with Crippen molar-refractivity contribution in [2.24, 2.45) is 5.92 Å². The van der Waals surface area contributed by atoms with Gasteiger partial charge < -0.3 is 24.8 Å². The standard InChI is InChI=1S/C18H27N5O3/c1-13-8-23(11-18(26-13)4-5-19-10-18)17(25)14-3-2-6-22(9-14)15-7-16(24)21-12-20-15/h7,12-14,19H,2-6,8-11H2,1H3,(H,20,21,24). The summed E-state index contributed by atoms with van der Waals surface area (Å²) in [6.07, 6.45) is 4.24. The molecule has 3 fully saturated rings. The fraction of sp³-hybridized carbons (Fsp3) is 0.722. The van der Waals surface area contributed by atoms with E-state index < -0.39 is 0 Å². The Labute approximate surface area is 152 Å². The van der Waals surface area contributed by atoms with Crippen LogP contribution in [0, 0.1) is 5.92 Å². The molecule has 1 aromatic heterocycles. The van der Waals surface area contributed by atoms with Crippen molar-refractivity contribution >= 4 is 11.7 Å². The van der Waals surface area contributed by atoms with Gasteiger partial charge in [-0.3, -0.25) is 9.59 Å². The molecule has 4 rings (SSSR count). The first-order valence-electron chi connectivity index (χ1n) is 9.52. The van der Waals surface area contributed by atoms with Crippen molar-refractivity contribution in [1.82, 2.24) is 20.2 Å². The number of anilines is 1. The van der Waals surface area contributed by atoms with Gasteiger partial charge in [-0.15, -0.1) is 0 Å².